The maximum atomic E-state index is 10.6. The predicted octanol–water partition coefficient (Wildman–Crippen LogP) is 2.41. The number of carboxylic acids is 1. The normalized spacial score (nSPS) is 10.8. The van der Waals surface area contributed by atoms with Crippen molar-refractivity contribution in [3.05, 3.63) is 34.2 Å². The van der Waals surface area contributed by atoms with Crippen LogP contribution in [-0.2, 0) is 6.42 Å². The van der Waals surface area contributed by atoms with Crippen molar-refractivity contribution in [1.82, 2.24) is 15.0 Å². The lowest BCUT2D eigenvalue weighted by Gasteiger charge is -2.03. The summed E-state index contributed by atoms with van der Waals surface area (Å²) in [6.07, 6.45) is 3.46. The Kier molecular flexibility index (Phi) is 4.62. The van der Waals surface area contributed by atoms with Crippen LogP contribution >= 0.6 is 11.3 Å². The lowest BCUT2D eigenvalue weighted by atomic mass is 10.2. The number of thiazole rings is 1. The maximum Gasteiger partial charge on any atom is 0.356 e. The molecule has 0 saturated heterocycles. The summed E-state index contributed by atoms with van der Waals surface area (Å²) in [5.74, 6) is -0.0572. The highest BCUT2D eigenvalue weighted by atomic mass is 32.1. The highest BCUT2D eigenvalue weighted by Gasteiger charge is 2.06. The van der Waals surface area contributed by atoms with Crippen LogP contribution in [0.15, 0.2) is 17.8 Å². The quantitative estimate of drug-likeness (QED) is 0.850. The molecule has 20 heavy (non-hydrogen) atoms. The van der Waals surface area contributed by atoms with Crippen molar-refractivity contribution in [3.63, 3.8) is 0 Å². The Bertz CT molecular complexity index is 580. The van der Waals surface area contributed by atoms with Gasteiger partial charge in [0.25, 0.3) is 0 Å². The first kappa shape index (κ1) is 14.4. The van der Waals surface area contributed by atoms with Gasteiger partial charge in [-0.15, -0.1) is 11.3 Å². The van der Waals surface area contributed by atoms with E-state index in [4.69, 9.17) is 5.11 Å². The van der Waals surface area contributed by atoms with Gasteiger partial charge in [-0.3, -0.25) is 0 Å². The molecule has 2 heterocycles. The summed E-state index contributed by atoms with van der Waals surface area (Å²) in [6.45, 7) is 4.93. The van der Waals surface area contributed by atoms with Crippen LogP contribution in [0.4, 0.5) is 5.82 Å². The van der Waals surface area contributed by atoms with Crippen molar-refractivity contribution in [1.29, 1.82) is 0 Å². The van der Waals surface area contributed by atoms with Gasteiger partial charge in [0.15, 0.2) is 5.69 Å². The molecule has 0 fully saturated rings. The molecule has 2 rings (SSSR count). The number of nitrogens with zero attached hydrogens (tertiary/aromatic N) is 3. The summed E-state index contributed by atoms with van der Waals surface area (Å²) >= 11 is 1.68. The van der Waals surface area contributed by atoms with E-state index < -0.39 is 5.97 Å². The van der Waals surface area contributed by atoms with Crippen molar-refractivity contribution < 1.29 is 9.90 Å². The van der Waals surface area contributed by atoms with Gasteiger partial charge in [0, 0.05) is 24.3 Å². The zero-order chi connectivity index (χ0) is 14.5. The average molecular weight is 292 g/mol. The topological polar surface area (TPSA) is 88.0 Å². The van der Waals surface area contributed by atoms with Crippen LogP contribution in [0.2, 0.25) is 0 Å². The maximum absolute atomic E-state index is 10.6. The van der Waals surface area contributed by atoms with E-state index in [0.717, 1.165) is 17.1 Å². The summed E-state index contributed by atoms with van der Waals surface area (Å²) < 4.78 is 0. The molecule has 2 aromatic heterocycles. The fourth-order valence-corrected chi connectivity index (χ4v) is 2.42. The molecule has 0 atom stereocenters. The molecular formula is C13H16N4O2S. The van der Waals surface area contributed by atoms with Crippen LogP contribution in [0.1, 0.15) is 41.0 Å². The average Bonchev–Trinajstić information content (AvgIpc) is 2.88. The lowest BCUT2D eigenvalue weighted by molar-refractivity contribution is 0.0690. The summed E-state index contributed by atoms with van der Waals surface area (Å²) in [4.78, 5) is 23.0. The Hall–Kier alpha value is -2.02. The van der Waals surface area contributed by atoms with Gasteiger partial charge >= 0.3 is 5.97 Å². The molecule has 0 aliphatic rings. The second-order valence-electron chi connectivity index (χ2n) is 4.60. The van der Waals surface area contributed by atoms with Gasteiger partial charge < -0.3 is 10.4 Å². The minimum absolute atomic E-state index is 0.0587. The fraction of sp³-hybridized carbons (Fsp3) is 0.385. The Morgan fingerprint density at radius 3 is 2.75 bits per heavy atom. The molecule has 2 aromatic rings. The summed E-state index contributed by atoms with van der Waals surface area (Å²) in [5, 5.41) is 15.0. The number of aromatic carboxylic acids is 1. The van der Waals surface area contributed by atoms with Crippen molar-refractivity contribution in [2.24, 2.45) is 0 Å². The van der Waals surface area contributed by atoms with Crippen molar-refractivity contribution in [3.8, 4) is 0 Å². The first-order chi connectivity index (χ1) is 9.56. The van der Waals surface area contributed by atoms with Gasteiger partial charge in [0.1, 0.15) is 5.82 Å². The van der Waals surface area contributed by atoms with Crippen LogP contribution in [0.5, 0.6) is 0 Å². The number of aromatic nitrogens is 3. The number of hydrogen-bond acceptors (Lipinski definition) is 6. The Morgan fingerprint density at radius 2 is 2.20 bits per heavy atom. The van der Waals surface area contributed by atoms with E-state index in [1.807, 2.05) is 0 Å². The minimum atomic E-state index is -1.08. The second kappa shape index (κ2) is 6.42. The van der Waals surface area contributed by atoms with E-state index >= 15 is 0 Å². The molecule has 2 N–H and O–H groups in total. The second-order valence-corrected chi connectivity index (χ2v) is 5.49. The first-order valence-electron chi connectivity index (χ1n) is 6.29. The van der Waals surface area contributed by atoms with Gasteiger partial charge in [-0.25, -0.2) is 19.7 Å². The Morgan fingerprint density at radius 1 is 1.40 bits per heavy atom. The number of carbonyl (C=O) groups is 1. The number of nitrogens with one attached hydrogen (secondary N) is 1. The number of hydrogen-bond donors (Lipinski definition) is 2. The molecule has 106 valence electrons. The summed E-state index contributed by atoms with van der Waals surface area (Å²) in [6, 6.07) is 0. The molecule has 0 saturated carbocycles. The SMILES string of the molecule is CC(C)c1nc(CCNc2cnc(C(=O)O)cn2)cs1. The molecule has 0 radical (unpaired) electrons. The van der Waals surface area contributed by atoms with Crippen molar-refractivity contribution >= 4 is 23.1 Å². The lowest BCUT2D eigenvalue weighted by Crippen LogP contribution is -2.08. The van der Waals surface area contributed by atoms with Gasteiger partial charge in [-0.2, -0.15) is 0 Å². The Balaban J connectivity index is 1.84. The van der Waals surface area contributed by atoms with Gasteiger partial charge in [0.05, 0.1) is 23.1 Å². The zero-order valence-corrected chi connectivity index (χ0v) is 12.1. The number of rotatable bonds is 6. The van der Waals surface area contributed by atoms with Crippen LogP contribution in [-0.4, -0.2) is 32.6 Å². The molecule has 0 spiro atoms. The molecule has 6 nitrogen and oxygen atoms in total. The molecule has 0 amide bonds. The van der Waals surface area contributed by atoms with E-state index in [1.54, 1.807) is 11.3 Å². The predicted molar refractivity (Wildman–Crippen MR) is 77.4 cm³/mol. The van der Waals surface area contributed by atoms with E-state index in [9.17, 15) is 4.79 Å². The molecular weight excluding hydrogens is 276 g/mol. The largest absolute Gasteiger partial charge is 0.476 e. The fourth-order valence-electron chi connectivity index (χ4n) is 1.55. The highest BCUT2D eigenvalue weighted by molar-refractivity contribution is 7.09. The molecule has 0 bridgehead atoms. The number of anilines is 1. The Labute approximate surface area is 120 Å². The summed E-state index contributed by atoms with van der Waals surface area (Å²) in [7, 11) is 0. The van der Waals surface area contributed by atoms with Gasteiger partial charge in [0.2, 0.25) is 0 Å². The third-order valence-corrected chi connectivity index (χ3v) is 3.82. The first-order valence-corrected chi connectivity index (χ1v) is 7.17. The minimum Gasteiger partial charge on any atom is -0.476 e. The zero-order valence-electron chi connectivity index (χ0n) is 11.3. The highest BCUT2D eigenvalue weighted by Crippen LogP contribution is 2.19. The van der Waals surface area contributed by atoms with Crippen LogP contribution in [0.25, 0.3) is 0 Å². The van der Waals surface area contributed by atoms with Gasteiger partial charge in [-0.1, -0.05) is 13.8 Å². The molecule has 7 heteroatoms. The van der Waals surface area contributed by atoms with Crippen molar-refractivity contribution in [2.75, 3.05) is 11.9 Å². The number of carboxylic acid groups (broad SMARTS) is 1. The third kappa shape index (κ3) is 3.74. The van der Waals surface area contributed by atoms with E-state index in [2.05, 4.69) is 39.5 Å². The van der Waals surface area contributed by atoms with Crippen LogP contribution in [0.3, 0.4) is 0 Å². The van der Waals surface area contributed by atoms with E-state index in [0.29, 0.717) is 18.3 Å². The molecule has 0 aliphatic carbocycles. The molecule has 0 unspecified atom stereocenters. The molecule has 0 aromatic carbocycles. The third-order valence-electron chi connectivity index (χ3n) is 2.62. The smallest absolute Gasteiger partial charge is 0.356 e. The standard InChI is InChI=1S/C13H16N4O2S/c1-8(2)12-17-9(7-20-12)3-4-14-11-6-15-10(5-16-11)13(18)19/h5-8H,3-4H2,1-2H3,(H,14,16)(H,18,19). The monoisotopic (exact) mass is 292 g/mol. The van der Waals surface area contributed by atoms with Crippen LogP contribution in [0, 0.1) is 0 Å². The van der Waals surface area contributed by atoms with Gasteiger partial charge in [-0.05, 0) is 0 Å². The van der Waals surface area contributed by atoms with E-state index in [-0.39, 0.29) is 5.69 Å². The summed E-state index contributed by atoms with van der Waals surface area (Å²) in [5.41, 5.74) is 0.998. The molecule has 0 aliphatic heterocycles. The van der Waals surface area contributed by atoms with Crippen molar-refractivity contribution in [2.45, 2.75) is 26.2 Å². The van der Waals surface area contributed by atoms with E-state index in [1.165, 1.54) is 12.4 Å². The van der Waals surface area contributed by atoms with Crippen LogP contribution < -0.4 is 5.32 Å².